The highest BCUT2D eigenvalue weighted by Gasteiger charge is 2.38. The monoisotopic (exact) mass is 377 g/mol. The van der Waals surface area contributed by atoms with Crippen LogP contribution in [0.4, 0.5) is 10.7 Å². The van der Waals surface area contributed by atoms with Gasteiger partial charge in [-0.15, -0.1) is 11.3 Å². The molecular weight excluding hydrogens is 362 g/mol. The van der Waals surface area contributed by atoms with Crippen LogP contribution in [0, 0.1) is 0 Å². The first-order chi connectivity index (χ1) is 13.1. The Morgan fingerprint density at radius 1 is 0.963 bits per heavy atom. The Kier molecular flexibility index (Phi) is 4.33. The van der Waals surface area contributed by atoms with Crippen LogP contribution >= 0.6 is 11.3 Å². The number of anilines is 2. The zero-order chi connectivity index (χ0) is 19.0. The molecule has 4 rings (SSSR count). The number of benzene rings is 2. The molecule has 6 heteroatoms. The van der Waals surface area contributed by atoms with Gasteiger partial charge in [-0.2, -0.15) is 0 Å². The van der Waals surface area contributed by atoms with Crippen LogP contribution in [0.1, 0.15) is 48.4 Å². The van der Waals surface area contributed by atoms with E-state index >= 15 is 0 Å². The van der Waals surface area contributed by atoms with E-state index in [2.05, 4.69) is 5.32 Å². The SMILES string of the molecule is CCOC(=O)c1c(Nc2ccccc2)sc2c1C(=O)c1ccccc1C2=O. The van der Waals surface area contributed by atoms with E-state index < -0.39 is 5.97 Å². The highest BCUT2D eigenvalue weighted by molar-refractivity contribution is 7.19. The molecule has 0 fully saturated rings. The average Bonchev–Trinajstić information content (AvgIpc) is 3.07. The van der Waals surface area contributed by atoms with Crippen LogP contribution < -0.4 is 5.32 Å². The van der Waals surface area contributed by atoms with E-state index in [-0.39, 0.29) is 34.2 Å². The van der Waals surface area contributed by atoms with Gasteiger partial charge in [0.05, 0.1) is 17.0 Å². The van der Waals surface area contributed by atoms with Gasteiger partial charge in [0.25, 0.3) is 0 Å². The first-order valence-corrected chi connectivity index (χ1v) is 9.28. The molecule has 134 valence electrons. The molecular formula is C21H15NO4S. The quantitative estimate of drug-likeness (QED) is 0.532. The van der Waals surface area contributed by atoms with Crippen molar-refractivity contribution >= 4 is 39.6 Å². The second kappa shape index (κ2) is 6.81. The zero-order valence-corrected chi connectivity index (χ0v) is 15.3. The minimum atomic E-state index is -0.617. The lowest BCUT2D eigenvalue weighted by Crippen LogP contribution is -2.21. The summed E-state index contributed by atoms with van der Waals surface area (Å²) in [5, 5.41) is 3.58. The Bertz CT molecular complexity index is 1070. The summed E-state index contributed by atoms with van der Waals surface area (Å²) >= 11 is 1.10. The van der Waals surface area contributed by atoms with Gasteiger partial charge in [0, 0.05) is 16.8 Å². The van der Waals surface area contributed by atoms with Gasteiger partial charge in [-0.05, 0) is 19.1 Å². The molecule has 1 aliphatic carbocycles. The second-order valence-electron chi connectivity index (χ2n) is 5.93. The van der Waals surface area contributed by atoms with E-state index in [1.807, 2.05) is 30.3 Å². The predicted molar refractivity (Wildman–Crippen MR) is 103 cm³/mol. The lowest BCUT2D eigenvalue weighted by atomic mass is 9.87. The summed E-state index contributed by atoms with van der Waals surface area (Å²) in [5.41, 5.74) is 1.66. The number of esters is 1. The summed E-state index contributed by atoms with van der Waals surface area (Å²) in [4.78, 5) is 38.9. The minimum absolute atomic E-state index is 0.119. The fourth-order valence-corrected chi connectivity index (χ4v) is 4.24. The van der Waals surface area contributed by atoms with Gasteiger partial charge >= 0.3 is 5.97 Å². The number of thiophene rings is 1. The van der Waals surface area contributed by atoms with Crippen molar-refractivity contribution in [3.63, 3.8) is 0 Å². The van der Waals surface area contributed by atoms with Crippen molar-refractivity contribution in [2.75, 3.05) is 11.9 Å². The topological polar surface area (TPSA) is 72.5 Å². The van der Waals surface area contributed by atoms with Crippen molar-refractivity contribution in [1.29, 1.82) is 0 Å². The molecule has 2 aromatic carbocycles. The van der Waals surface area contributed by atoms with Crippen LogP contribution in [-0.2, 0) is 4.74 Å². The van der Waals surface area contributed by atoms with Crippen molar-refractivity contribution < 1.29 is 19.1 Å². The molecule has 0 spiro atoms. The summed E-state index contributed by atoms with van der Waals surface area (Å²) in [6.07, 6.45) is 0. The van der Waals surface area contributed by atoms with Gasteiger partial charge in [-0.1, -0.05) is 42.5 Å². The summed E-state index contributed by atoms with van der Waals surface area (Å²) in [7, 11) is 0. The maximum Gasteiger partial charge on any atom is 0.341 e. The lowest BCUT2D eigenvalue weighted by Gasteiger charge is -2.14. The molecule has 0 bridgehead atoms. The number of carbonyl (C=O) groups excluding carboxylic acids is 3. The first-order valence-electron chi connectivity index (χ1n) is 8.46. The third kappa shape index (κ3) is 2.84. The van der Waals surface area contributed by atoms with Gasteiger partial charge in [-0.25, -0.2) is 4.79 Å². The van der Waals surface area contributed by atoms with Crippen LogP contribution in [0.25, 0.3) is 0 Å². The number of ketones is 2. The number of rotatable bonds is 4. The van der Waals surface area contributed by atoms with Crippen molar-refractivity contribution in [2.45, 2.75) is 6.92 Å². The second-order valence-corrected chi connectivity index (χ2v) is 6.95. The van der Waals surface area contributed by atoms with Gasteiger partial charge in [0.15, 0.2) is 5.78 Å². The normalized spacial score (nSPS) is 12.3. The van der Waals surface area contributed by atoms with E-state index in [9.17, 15) is 14.4 Å². The highest BCUT2D eigenvalue weighted by atomic mass is 32.1. The zero-order valence-electron chi connectivity index (χ0n) is 14.4. The Morgan fingerprint density at radius 2 is 1.59 bits per heavy atom. The molecule has 0 aliphatic heterocycles. The van der Waals surface area contributed by atoms with Crippen LogP contribution in [0.3, 0.4) is 0 Å². The van der Waals surface area contributed by atoms with Crippen molar-refractivity contribution in [3.8, 4) is 0 Å². The molecule has 0 saturated heterocycles. The molecule has 1 aromatic heterocycles. The van der Waals surface area contributed by atoms with Gasteiger partial charge in [0.1, 0.15) is 10.6 Å². The smallest absolute Gasteiger partial charge is 0.341 e. The van der Waals surface area contributed by atoms with Crippen molar-refractivity contribution in [2.24, 2.45) is 0 Å². The van der Waals surface area contributed by atoms with Crippen LogP contribution in [0.2, 0.25) is 0 Å². The van der Waals surface area contributed by atoms with E-state index in [0.29, 0.717) is 16.1 Å². The Morgan fingerprint density at radius 3 is 2.26 bits per heavy atom. The molecule has 0 amide bonds. The van der Waals surface area contributed by atoms with Crippen LogP contribution in [0.5, 0.6) is 0 Å². The number of carbonyl (C=O) groups is 3. The molecule has 27 heavy (non-hydrogen) atoms. The standard InChI is InChI=1S/C21H15NO4S/c1-2-26-21(25)16-15-17(23)13-10-6-7-11-14(13)18(24)19(15)27-20(16)22-12-8-4-3-5-9-12/h3-11,22H,2H2,1H3. The number of ether oxygens (including phenoxy) is 1. The summed E-state index contributed by atoms with van der Waals surface area (Å²) in [6, 6.07) is 15.9. The number of para-hydroxylation sites is 1. The summed E-state index contributed by atoms with van der Waals surface area (Å²) < 4.78 is 5.17. The maximum atomic E-state index is 13.1. The molecule has 0 atom stereocenters. The van der Waals surface area contributed by atoms with E-state index in [1.54, 1.807) is 31.2 Å². The first kappa shape index (κ1) is 17.2. The van der Waals surface area contributed by atoms with E-state index in [4.69, 9.17) is 4.74 Å². The molecule has 5 nitrogen and oxygen atoms in total. The maximum absolute atomic E-state index is 13.1. The Labute approximate surface area is 159 Å². The number of hydrogen-bond donors (Lipinski definition) is 1. The summed E-state index contributed by atoms with van der Waals surface area (Å²) in [6.45, 7) is 1.87. The van der Waals surface area contributed by atoms with Crippen LogP contribution in [-0.4, -0.2) is 24.1 Å². The Balaban J connectivity index is 1.90. The molecule has 1 aliphatic rings. The largest absolute Gasteiger partial charge is 0.462 e. The molecule has 0 saturated carbocycles. The third-order valence-corrected chi connectivity index (χ3v) is 5.37. The lowest BCUT2D eigenvalue weighted by molar-refractivity contribution is 0.0525. The van der Waals surface area contributed by atoms with E-state index in [1.165, 1.54) is 0 Å². The molecule has 1 heterocycles. The fraction of sp³-hybridized carbons (Fsp3) is 0.0952. The number of hydrogen-bond acceptors (Lipinski definition) is 6. The number of nitrogens with one attached hydrogen (secondary N) is 1. The van der Waals surface area contributed by atoms with Crippen molar-refractivity contribution in [1.82, 2.24) is 0 Å². The van der Waals surface area contributed by atoms with Crippen molar-refractivity contribution in [3.05, 3.63) is 81.7 Å². The molecule has 1 N–H and O–H groups in total. The highest BCUT2D eigenvalue weighted by Crippen LogP contribution is 2.41. The Hall–Kier alpha value is -3.25. The predicted octanol–water partition coefficient (Wildman–Crippen LogP) is 4.44. The summed E-state index contributed by atoms with van der Waals surface area (Å²) in [5.74, 6) is -1.20. The molecule has 3 aromatic rings. The van der Waals surface area contributed by atoms with Crippen LogP contribution in [0.15, 0.2) is 54.6 Å². The van der Waals surface area contributed by atoms with Gasteiger partial charge < -0.3 is 10.1 Å². The average molecular weight is 377 g/mol. The molecule has 0 radical (unpaired) electrons. The number of fused-ring (bicyclic) bond motifs is 2. The third-order valence-electron chi connectivity index (χ3n) is 4.27. The van der Waals surface area contributed by atoms with E-state index in [0.717, 1.165) is 17.0 Å². The minimum Gasteiger partial charge on any atom is -0.462 e. The fourth-order valence-electron chi connectivity index (χ4n) is 3.08. The van der Waals surface area contributed by atoms with Gasteiger partial charge in [-0.3, -0.25) is 9.59 Å². The van der Waals surface area contributed by atoms with Gasteiger partial charge in [0.2, 0.25) is 5.78 Å². The molecule has 0 unspecified atom stereocenters.